The summed E-state index contributed by atoms with van der Waals surface area (Å²) >= 11 is 11.6. The van der Waals surface area contributed by atoms with E-state index in [1.54, 1.807) is 4.90 Å². The van der Waals surface area contributed by atoms with Crippen LogP contribution in [-0.4, -0.2) is 40.6 Å². The van der Waals surface area contributed by atoms with Gasteiger partial charge in [0.1, 0.15) is 10.8 Å². The maximum Gasteiger partial charge on any atom is 0.270 e. The maximum atomic E-state index is 12.2. The van der Waals surface area contributed by atoms with Crippen molar-refractivity contribution in [2.24, 2.45) is 0 Å². The van der Waals surface area contributed by atoms with Crippen molar-refractivity contribution in [1.82, 2.24) is 9.88 Å². The molecule has 0 aliphatic heterocycles. The Morgan fingerprint density at radius 1 is 1.39 bits per heavy atom. The first-order chi connectivity index (χ1) is 8.60. The number of amides is 1. The highest BCUT2D eigenvalue weighted by molar-refractivity contribution is 6.41. The van der Waals surface area contributed by atoms with Gasteiger partial charge >= 0.3 is 0 Å². The van der Waals surface area contributed by atoms with E-state index < -0.39 is 0 Å². The molecule has 2 N–H and O–H groups in total. The summed E-state index contributed by atoms with van der Waals surface area (Å²) in [6.07, 6.45) is 2.51. The Hall–Kier alpha value is -0.710. The molecule has 0 aliphatic rings. The second kappa shape index (κ2) is 7.67. The standard InChI is InChI=1S/C12H18Cl2N2O2/c1-2-3-5-16(6-4-7-17)12(18)10-8-9(13)11(14)15-10/h8,15,17H,2-7H2,1H3. The summed E-state index contributed by atoms with van der Waals surface area (Å²) in [7, 11) is 0. The van der Waals surface area contributed by atoms with Gasteiger partial charge in [0.25, 0.3) is 5.91 Å². The predicted octanol–water partition coefficient (Wildman–Crippen LogP) is 2.95. The topological polar surface area (TPSA) is 56.3 Å². The summed E-state index contributed by atoms with van der Waals surface area (Å²) in [5.74, 6) is -0.134. The number of aliphatic hydroxyl groups excluding tert-OH is 1. The SMILES string of the molecule is CCCCN(CCCO)C(=O)c1cc(Cl)c(Cl)[nH]1. The molecule has 1 aromatic rings. The molecule has 1 heterocycles. The number of carbonyl (C=O) groups is 1. The Morgan fingerprint density at radius 2 is 2.06 bits per heavy atom. The van der Waals surface area contributed by atoms with Crippen LogP contribution < -0.4 is 0 Å². The molecule has 0 unspecified atom stereocenters. The molecule has 0 saturated carbocycles. The zero-order valence-electron chi connectivity index (χ0n) is 10.4. The lowest BCUT2D eigenvalue weighted by atomic mass is 10.2. The van der Waals surface area contributed by atoms with Crippen LogP contribution in [0.5, 0.6) is 0 Å². The van der Waals surface area contributed by atoms with Crippen molar-refractivity contribution < 1.29 is 9.90 Å². The summed E-state index contributed by atoms with van der Waals surface area (Å²) < 4.78 is 0. The highest BCUT2D eigenvalue weighted by Crippen LogP contribution is 2.22. The van der Waals surface area contributed by atoms with E-state index in [-0.39, 0.29) is 17.7 Å². The summed E-state index contributed by atoms with van der Waals surface area (Å²) in [5.41, 5.74) is 0.388. The van der Waals surface area contributed by atoms with Crippen molar-refractivity contribution in [3.63, 3.8) is 0 Å². The third-order valence-corrected chi connectivity index (χ3v) is 3.30. The normalized spacial score (nSPS) is 10.7. The third-order valence-electron chi connectivity index (χ3n) is 2.61. The third kappa shape index (κ3) is 4.19. The van der Waals surface area contributed by atoms with E-state index >= 15 is 0 Å². The molecule has 0 fully saturated rings. The predicted molar refractivity (Wildman–Crippen MR) is 73.3 cm³/mol. The molecule has 0 saturated heterocycles. The van der Waals surface area contributed by atoms with Crippen molar-refractivity contribution in [2.45, 2.75) is 26.2 Å². The van der Waals surface area contributed by atoms with Crippen LogP contribution in [0, 0.1) is 0 Å². The molecule has 0 spiro atoms. The fourth-order valence-corrected chi connectivity index (χ4v) is 1.93. The molecule has 6 heteroatoms. The van der Waals surface area contributed by atoms with Crippen LogP contribution in [-0.2, 0) is 0 Å². The largest absolute Gasteiger partial charge is 0.396 e. The highest BCUT2D eigenvalue weighted by Gasteiger charge is 2.18. The molecule has 0 bridgehead atoms. The Labute approximate surface area is 117 Å². The fourth-order valence-electron chi connectivity index (χ4n) is 1.62. The lowest BCUT2D eigenvalue weighted by molar-refractivity contribution is 0.0737. The van der Waals surface area contributed by atoms with Crippen LogP contribution in [0.3, 0.4) is 0 Å². The van der Waals surface area contributed by atoms with Crippen molar-refractivity contribution in [2.75, 3.05) is 19.7 Å². The van der Waals surface area contributed by atoms with E-state index in [4.69, 9.17) is 28.3 Å². The number of hydrogen-bond donors (Lipinski definition) is 2. The number of aromatic nitrogens is 1. The zero-order chi connectivity index (χ0) is 13.5. The minimum absolute atomic E-state index is 0.0716. The number of H-pyrrole nitrogens is 1. The van der Waals surface area contributed by atoms with Crippen molar-refractivity contribution in [3.05, 3.63) is 21.9 Å². The van der Waals surface area contributed by atoms with Gasteiger partial charge in [-0.15, -0.1) is 0 Å². The Kier molecular flexibility index (Phi) is 6.54. The number of carbonyl (C=O) groups excluding carboxylic acids is 1. The lowest BCUT2D eigenvalue weighted by Crippen LogP contribution is -2.33. The van der Waals surface area contributed by atoms with Crippen LogP contribution in [0.1, 0.15) is 36.7 Å². The minimum Gasteiger partial charge on any atom is -0.396 e. The number of unbranched alkanes of at least 4 members (excludes halogenated alkanes) is 1. The number of nitrogens with zero attached hydrogens (tertiary/aromatic N) is 1. The van der Waals surface area contributed by atoms with Gasteiger partial charge < -0.3 is 15.0 Å². The van der Waals surface area contributed by atoms with Crippen LogP contribution in [0.2, 0.25) is 10.2 Å². The first kappa shape index (κ1) is 15.3. The smallest absolute Gasteiger partial charge is 0.270 e. The molecular weight excluding hydrogens is 275 g/mol. The van der Waals surface area contributed by atoms with Gasteiger partial charge in [0.15, 0.2) is 0 Å². The average Bonchev–Trinajstić information content (AvgIpc) is 2.69. The summed E-state index contributed by atoms with van der Waals surface area (Å²) in [5, 5.41) is 9.47. The van der Waals surface area contributed by atoms with E-state index in [1.165, 1.54) is 6.07 Å². The van der Waals surface area contributed by atoms with Gasteiger partial charge in [-0.3, -0.25) is 4.79 Å². The molecular formula is C12H18Cl2N2O2. The number of aliphatic hydroxyl groups is 1. The van der Waals surface area contributed by atoms with E-state index in [9.17, 15) is 4.79 Å². The molecule has 102 valence electrons. The lowest BCUT2D eigenvalue weighted by Gasteiger charge is -2.21. The highest BCUT2D eigenvalue weighted by atomic mass is 35.5. The van der Waals surface area contributed by atoms with Gasteiger partial charge in [0, 0.05) is 19.7 Å². The molecule has 0 aliphatic carbocycles. The van der Waals surface area contributed by atoms with Gasteiger partial charge in [0.05, 0.1) is 5.02 Å². The number of halogens is 2. The molecule has 1 amide bonds. The van der Waals surface area contributed by atoms with Crippen molar-refractivity contribution in [3.8, 4) is 0 Å². The number of aromatic amines is 1. The van der Waals surface area contributed by atoms with Gasteiger partial charge in [-0.05, 0) is 18.9 Å². The van der Waals surface area contributed by atoms with Crippen molar-refractivity contribution >= 4 is 29.1 Å². The molecule has 0 radical (unpaired) electrons. The Morgan fingerprint density at radius 3 is 2.56 bits per heavy atom. The second-order valence-electron chi connectivity index (χ2n) is 4.07. The Bertz CT molecular complexity index is 366. The number of rotatable bonds is 7. The molecule has 1 rings (SSSR count). The van der Waals surface area contributed by atoms with E-state index in [2.05, 4.69) is 11.9 Å². The molecule has 1 aromatic heterocycles. The molecule has 0 aromatic carbocycles. The van der Waals surface area contributed by atoms with Crippen LogP contribution in [0.15, 0.2) is 6.07 Å². The fraction of sp³-hybridized carbons (Fsp3) is 0.583. The first-order valence-electron chi connectivity index (χ1n) is 6.04. The number of hydrogen-bond acceptors (Lipinski definition) is 2. The van der Waals surface area contributed by atoms with Gasteiger partial charge in [0.2, 0.25) is 0 Å². The monoisotopic (exact) mass is 292 g/mol. The van der Waals surface area contributed by atoms with E-state index in [1.807, 2.05) is 0 Å². The zero-order valence-corrected chi connectivity index (χ0v) is 11.9. The van der Waals surface area contributed by atoms with E-state index in [0.717, 1.165) is 12.8 Å². The number of nitrogens with one attached hydrogen (secondary N) is 1. The summed E-state index contributed by atoms with van der Waals surface area (Å²) in [4.78, 5) is 16.7. The molecule has 18 heavy (non-hydrogen) atoms. The average molecular weight is 293 g/mol. The van der Waals surface area contributed by atoms with Crippen LogP contribution in [0.4, 0.5) is 0 Å². The second-order valence-corrected chi connectivity index (χ2v) is 4.85. The van der Waals surface area contributed by atoms with Crippen LogP contribution in [0.25, 0.3) is 0 Å². The first-order valence-corrected chi connectivity index (χ1v) is 6.79. The van der Waals surface area contributed by atoms with E-state index in [0.29, 0.717) is 30.2 Å². The van der Waals surface area contributed by atoms with Crippen molar-refractivity contribution in [1.29, 1.82) is 0 Å². The van der Waals surface area contributed by atoms with Gasteiger partial charge in [-0.25, -0.2) is 0 Å². The Balaban J connectivity index is 2.73. The quantitative estimate of drug-likeness (QED) is 0.812. The molecule has 4 nitrogen and oxygen atoms in total. The maximum absolute atomic E-state index is 12.2. The summed E-state index contributed by atoms with van der Waals surface area (Å²) in [6.45, 7) is 3.34. The minimum atomic E-state index is -0.134. The van der Waals surface area contributed by atoms with Crippen LogP contribution >= 0.6 is 23.2 Å². The molecule has 0 atom stereocenters. The van der Waals surface area contributed by atoms with Gasteiger partial charge in [-0.1, -0.05) is 36.5 Å². The summed E-state index contributed by atoms with van der Waals surface area (Å²) in [6, 6.07) is 1.53. The van der Waals surface area contributed by atoms with Gasteiger partial charge in [-0.2, -0.15) is 0 Å².